The largest absolute Gasteiger partial charge is 0.376 e. The molecule has 18 heavy (non-hydrogen) atoms. The van der Waals surface area contributed by atoms with E-state index in [2.05, 4.69) is 21.2 Å². The lowest BCUT2D eigenvalue weighted by molar-refractivity contribution is -0.00808. The highest BCUT2D eigenvalue weighted by Gasteiger charge is 2.30. The van der Waals surface area contributed by atoms with Gasteiger partial charge in [0.1, 0.15) is 11.6 Å². The number of ether oxygens (including phenoxy) is 1. The molecule has 0 aromatic heterocycles. The maximum atomic E-state index is 14.1. The lowest BCUT2D eigenvalue weighted by Crippen LogP contribution is -2.35. The van der Waals surface area contributed by atoms with E-state index in [4.69, 9.17) is 4.74 Å². The van der Waals surface area contributed by atoms with Gasteiger partial charge in [-0.1, -0.05) is 0 Å². The van der Waals surface area contributed by atoms with Gasteiger partial charge in [0.2, 0.25) is 0 Å². The molecule has 1 aliphatic heterocycles. The van der Waals surface area contributed by atoms with Crippen molar-refractivity contribution in [2.24, 2.45) is 0 Å². The van der Waals surface area contributed by atoms with Crippen LogP contribution in [-0.4, -0.2) is 19.8 Å². The highest BCUT2D eigenvalue weighted by molar-refractivity contribution is 9.10. The van der Waals surface area contributed by atoms with E-state index in [1.165, 1.54) is 12.1 Å². The van der Waals surface area contributed by atoms with Crippen LogP contribution in [0.2, 0.25) is 0 Å². The number of nitrogens with one attached hydrogen (secondary N) is 1. The smallest absolute Gasteiger partial charge is 0.145 e. The van der Waals surface area contributed by atoms with Crippen LogP contribution in [-0.2, 0) is 4.74 Å². The summed E-state index contributed by atoms with van der Waals surface area (Å²) in [5.41, 5.74) is 0.0544. The molecule has 0 radical (unpaired) electrons. The summed E-state index contributed by atoms with van der Waals surface area (Å²) < 4.78 is 33.8. The predicted molar refractivity (Wildman–Crippen MR) is 69.4 cm³/mol. The van der Waals surface area contributed by atoms with Gasteiger partial charge in [0.25, 0.3) is 0 Å². The Hall–Kier alpha value is -0.520. The third-order valence-corrected chi connectivity index (χ3v) is 3.90. The SMILES string of the molecule is CNC(c1c(F)ccc(Br)c1F)C1CCCCO1. The van der Waals surface area contributed by atoms with E-state index in [9.17, 15) is 8.78 Å². The molecule has 2 nitrogen and oxygen atoms in total. The highest BCUT2D eigenvalue weighted by atomic mass is 79.9. The van der Waals surface area contributed by atoms with Crippen LogP contribution in [0.1, 0.15) is 30.9 Å². The molecule has 1 saturated heterocycles. The second kappa shape index (κ2) is 6.08. The van der Waals surface area contributed by atoms with Crippen LogP contribution in [0.4, 0.5) is 8.78 Å². The van der Waals surface area contributed by atoms with E-state index in [-0.39, 0.29) is 16.1 Å². The van der Waals surface area contributed by atoms with Crippen LogP contribution in [0, 0.1) is 11.6 Å². The van der Waals surface area contributed by atoms with E-state index in [1.54, 1.807) is 7.05 Å². The Labute approximate surface area is 114 Å². The topological polar surface area (TPSA) is 21.3 Å². The van der Waals surface area contributed by atoms with Crippen molar-refractivity contribution in [1.29, 1.82) is 0 Å². The van der Waals surface area contributed by atoms with Crippen molar-refractivity contribution >= 4 is 15.9 Å². The number of likely N-dealkylation sites (N-methyl/N-ethyl adjacent to an activating group) is 1. The summed E-state index contributed by atoms with van der Waals surface area (Å²) in [6.07, 6.45) is 2.68. The molecule has 100 valence electrons. The van der Waals surface area contributed by atoms with E-state index in [0.29, 0.717) is 6.61 Å². The number of rotatable bonds is 3. The van der Waals surface area contributed by atoms with Gasteiger partial charge >= 0.3 is 0 Å². The van der Waals surface area contributed by atoms with Gasteiger partial charge in [-0.3, -0.25) is 0 Å². The Balaban J connectivity index is 2.34. The van der Waals surface area contributed by atoms with Crippen molar-refractivity contribution < 1.29 is 13.5 Å². The lowest BCUT2D eigenvalue weighted by Gasteiger charge is -2.31. The first-order valence-corrected chi connectivity index (χ1v) is 6.86. The van der Waals surface area contributed by atoms with Crippen molar-refractivity contribution in [3.63, 3.8) is 0 Å². The molecule has 0 spiro atoms. The maximum absolute atomic E-state index is 14.1. The van der Waals surface area contributed by atoms with E-state index >= 15 is 0 Å². The third-order valence-electron chi connectivity index (χ3n) is 3.29. The Bertz CT molecular complexity index is 422. The lowest BCUT2D eigenvalue weighted by atomic mass is 9.95. The molecular weight excluding hydrogens is 304 g/mol. The molecule has 5 heteroatoms. The van der Waals surface area contributed by atoms with Crippen LogP contribution in [0.15, 0.2) is 16.6 Å². The van der Waals surface area contributed by atoms with Gasteiger partial charge in [0.15, 0.2) is 0 Å². The fourth-order valence-corrected chi connectivity index (χ4v) is 2.72. The van der Waals surface area contributed by atoms with Gasteiger partial charge in [0.05, 0.1) is 16.6 Å². The summed E-state index contributed by atoms with van der Waals surface area (Å²) in [4.78, 5) is 0. The minimum atomic E-state index is -0.552. The highest BCUT2D eigenvalue weighted by Crippen LogP contribution is 2.32. The zero-order chi connectivity index (χ0) is 13.1. The Morgan fingerprint density at radius 1 is 1.39 bits per heavy atom. The summed E-state index contributed by atoms with van der Waals surface area (Å²) in [5.74, 6) is -1.09. The fourth-order valence-electron chi connectivity index (χ4n) is 2.37. The standard InChI is InChI=1S/C13H16BrF2NO/c1-17-13(10-4-2-3-7-18-10)11-9(15)6-5-8(14)12(11)16/h5-6,10,13,17H,2-4,7H2,1H3. The second-order valence-corrected chi connectivity index (χ2v) is 5.28. The average molecular weight is 320 g/mol. The third kappa shape index (κ3) is 2.73. The van der Waals surface area contributed by atoms with Gasteiger partial charge in [-0.25, -0.2) is 8.78 Å². The van der Waals surface area contributed by atoms with Crippen molar-refractivity contribution in [3.05, 3.63) is 33.8 Å². The van der Waals surface area contributed by atoms with Crippen LogP contribution in [0.3, 0.4) is 0 Å². The van der Waals surface area contributed by atoms with Crippen molar-refractivity contribution in [1.82, 2.24) is 5.32 Å². The van der Waals surface area contributed by atoms with Crippen molar-refractivity contribution in [2.45, 2.75) is 31.4 Å². The summed E-state index contributed by atoms with van der Waals surface area (Å²) in [7, 11) is 1.70. The summed E-state index contributed by atoms with van der Waals surface area (Å²) in [5, 5.41) is 2.97. The number of halogens is 3. The molecule has 2 unspecified atom stereocenters. The monoisotopic (exact) mass is 319 g/mol. The Kier molecular flexibility index (Phi) is 4.70. The number of hydrogen-bond acceptors (Lipinski definition) is 2. The van der Waals surface area contributed by atoms with Crippen molar-refractivity contribution in [3.8, 4) is 0 Å². The quantitative estimate of drug-likeness (QED) is 0.860. The number of hydrogen-bond donors (Lipinski definition) is 1. The minimum Gasteiger partial charge on any atom is -0.376 e. The Morgan fingerprint density at radius 2 is 2.17 bits per heavy atom. The normalized spacial score (nSPS) is 21.9. The molecule has 1 heterocycles. The van der Waals surface area contributed by atoms with E-state index < -0.39 is 17.7 Å². The van der Waals surface area contributed by atoms with Gasteiger partial charge in [-0.15, -0.1) is 0 Å². The average Bonchev–Trinajstić information content (AvgIpc) is 2.40. The zero-order valence-corrected chi connectivity index (χ0v) is 11.8. The molecule has 0 saturated carbocycles. The molecule has 1 aliphatic rings. The molecule has 1 fully saturated rings. The van der Waals surface area contributed by atoms with Gasteiger partial charge in [-0.2, -0.15) is 0 Å². The maximum Gasteiger partial charge on any atom is 0.145 e. The molecule has 0 aliphatic carbocycles. The first-order valence-electron chi connectivity index (χ1n) is 6.07. The summed E-state index contributed by atoms with van der Waals surface area (Å²) in [6, 6.07) is 2.20. The molecule has 2 rings (SSSR count). The molecule has 0 amide bonds. The van der Waals surface area contributed by atoms with Crippen LogP contribution in [0.5, 0.6) is 0 Å². The predicted octanol–water partition coefficient (Wildman–Crippen LogP) is 3.56. The van der Waals surface area contributed by atoms with Gasteiger partial charge in [-0.05, 0) is 54.4 Å². The fraction of sp³-hybridized carbons (Fsp3) is 0.538. The van der Waals surface area contributed by atoms with Crippen LogP contribution < -0.4 is 5.32 Å². The summed E-state index contributed by atoms with van der Waals surface area (Å²) >= 11 is 3.09. The summed E-state index contributed by atoms with van der Waals surface area (Å²) in [6.45, 7) is 0.653. The molecular formula is C13H16BrF2NO. The zero-order valence-electron chi connectivity index (χ0n) is 10.2. The van der Waals surface area contributed by atoms with Gasteiger partial charge in [0, 0.05) is 12.2 Å². The first-order chi connectivity index (χ1) is 8.65. The van der Waals surface area contributed by atoms with E-state index in [1.807, 2.05) is 0 Å². The molecule has 1 N–H and O–H groups in total. The van der Waals surface area contributed by atoms with Crippen LogP contribution in [0.25, 0.3) is 0 Å². The molecule has 1 aromatic carbocycles. The number of benzene rings is 1. The molecule has 0 bridgehead atoms. The Morgan fingerprint density at radius 3 is 2.78 bits per heavy atom. The molecule has 2 atom stereocenters. The molecule has 1 aromatic rings. The minimum absolute atomic E-state index is 0.0544. The van der Waals surface area contributed by atoms with Crippen LogP contribution >= 0.6 is 15.9 Å². The van der Waals surface area contributed by atoms with Gasteiger partial charge < -0.3 is 10.1 Å². The second-order valence-electron chi connectivity index (χ2n) is 4.43. The first kappa shape index (κ1) is 13.9. The van der Waals surface area contributed by atoms with Crippen molar-refractivity contribution in [2.75, 3.05) is 13.7 Å². The van der Waals surface area contributed by atoms with E-state index in [0.717, 1.165) is 19.3 Å².